The Morgan fingerprint density at radius 3 is 2.47 bits per heavy atom. The van der Waals surface area contributed by atoms with Crippen molar-refractivity contribution in [3.05, 3.63) is 69.7 Å². The van der Waals surface area contributed by atoms with Crippen LogP contribution >= 0.6 is 23.2 Å². The first-order valence-corrected chi connectivity index (χ1v) is 10.8. The zero-order valence-corrected chi connectivity index (χ0v) is 18.4. The Morgan fingerprint density at radius 1 is 1.20 bits per heavy atom. The molecule has 2 atom stereocenters. The first-order valence-electron chi connectivity index (χ1n) is 10.0. The number of nitrogens with one attached hydrogen (secondary N) is 1. The van der Waals surface area contributed by atoms with Gasteiger partial charge < -0.3 is 20.1 Å². The smallest absolute Gasteiger partial charge is 0.251 e. The molecule has 1 fully saturated rings. The minimum atomic E-state index is -1.02. The number of carbonyl (C=O) groups is 2. The van der Waals surface area contributed by atoms with Crippen LogP contribution in [0.15, 0.2) is 48.5 Å². The van der Waals surface area contributed by atoms with E-state index in [1.54, 1.807) is 49.4 Å². The van der Waals surface area contributed by atoms with E-state index in [9.17, 15) is 14.7 Å². The number of carbonyl (C=O) groups excluding carboxylic acids is 2. The molecule has 0 bridgehead atoms. The zero-order chi connectivity index (χ0) is 21.7. The fourth-order valence-electron chi connectivity index (χ4n) is 3.80. The van der Waals surface area contributed by atoms with E-state index in [-0.39, 0.29) is 17.9 Å². The molecular formula is C23H26Cl2N2O3. The lowest BCUT2D eigenvalue weighted by Crippen LogP contribution is -2.51. The summed E-state index contributed by atoms with van der Waals surface area (Å²) in [4.78, 5) is 26.1. The highest BCUT2D eigenvalue weighted by atomic mass is 35.5. The van der Waals surface area contributed by atoms with E-state index < -0.39 is 5.60 Å². The lowest BCUT2D eigenvalue weighted by molar-refractivity contribution is -0.111. The average molecular weight is 449 g/mol. The van der Waals surface area contributed by atoms with E-state index in [0.717, 1.165) is 6.29 Å². The van der Waals surface area contributed by atoms with Gasteiger partial charge in [-0.1, -0.05) is 54.4 Å². The van der Waals surface area contributed by atoms with Gasteiger partial charge in [0.15, 0.2) is 0 Å². The number of rotatable bonds is 7. The number of benzene rings is 2. The molecule has 2 unspecified atom stereocenters. The van der Waals surface area contributed by atoms with E-state index in [1.165, 1.54) is 0 Å². The largest absolute Gasteiger partial charge is 0.385 e. The first-order chi connectivity index (χ1) is 14.3. The molecule has 2 aromatic rings. The molecule has 0 aromatic heterocycles. The van der Waals surface area contributed by atoms with E-state index in [0.29, 0.717) is 53.6 Å². The highest BCUT2D eigenvalue weighted by Gasteiger charge is 2.36. The molecule has 0 spiro atoms. The Hall–Kier alpha value is -1.92. The maximum absolute atomic E-state index is 12.6. The van der Waals surface area contributed by atoms with Crippen LogP contribution in [0.3, 0.4) is 0 Å². The number of aliphatic hydroxyl groups is 1. The number of nitrogens with zero attached hydrogens (tertiary/aromatic N) is 1. The predicted molar refractivity (Wildman–Crippen MR) is 119 cm³/mol. The summed E-state index contributed by atoms with van der Waals surface area (Å²) in [5, 5.41) is 15.1. The van der Waals surface area contributed by atoms with Crippen molar-refractivity contribution in [1.29, 1.82) is 0 Å². The quantitative estimate of drug-likeness (QED) is 0.629. The standard InChI is InChI=1S/C23H26Cl2N2O3/c1-16(15-28)21(26-22(29)17-5-3-2-4-6-17)14-27-11-9-23(30,10-12-27)19-8-7-18(24)13-20(19)25/h2-8,13,15-16,21,30H,9-12,14H2,1H3,(H,26,29). The van der Waals surface area contributed by atoms with Crippen LogP contribution < -0.4 is 5.32 Å². The van der Waals surface area contributed by atoms with E-state index in [1.807, 2.05) is 6.07 Å². The van der Waals surface area contributed by atoms with Crippen LogP contribution in [0.4, 0.5) is 0 Å². The van der Waals surface area contributed by atoms with E-state index in [2.05, 4.69) is 10.2 Å². The second-order valence-electron chi connectivity index (χ2n) is 7.90. The Labute approximate surface area is 187 Å². The van der Waals surface area contributed by atoms with Crippen molar-refractivity contribution in [1.82, 2.24) is 10.2 Å². The molecule has 1 aliphatic heterocycles. The summed E-state index contributed by atoms with van der Waals surface area (Å²) in [7, 11) is 0. The van der Waals surface area contributed by atoms with Crippen LogP contribution in [0.5, 0.6) is 0 Å². The summed E-state index contributed by atoms with van der Waals surface area (Å²) in [6, 6.07) is 13.8. The summed E-state index contributed by atoms with van der Waals surface area (Å²) in [5.41, 5.74) is 0.228. The Kier molecular flexibility index (Phi) is 7.53. The first kappa shape index (κ1) is 22.8. The van der Waals surface area contributed by atoms with Gasteiger partial charge in [-0.05, 0) is 37.1 Å². The third-order valence-corrected chi connectivity index (χ3v) is 6.32. The number of aldehydes is 1. The third kappa shape index (κ3) is 5.41. The predicted octanol–water partition coefficient (Wildman–Crippen LogP) is 3.91. The van der Waals surface area contributed by atoms with Crippen molar-refractivity contribution in [2.45, 2.75) is 31.4 Å². The number of hydrogen-bond acceptors (Lipinski definition) is 4. The lowest BCUT2D eigenvalue weighted by atomic mass is 9.84. The van der Waals surface area contributed by atoms with Crippen LogP contribution in [-0.4, -0.2) is 47.9 Å². The number of amides is 1. The van der Waals surface area contributed by atoms with Gasteiger partial charge in [0.25, 0.3) is 5.91 Å². The summed E-state index contributed by atoms with van der Waals surface area (Å²) < 4.78 is 0. The van der Waals surface area contributed by atoms with E-state index in [4.69, 9.17) is 23.2 Å². The summed E-state index contributed by atoms with van der Waals surface area (Å²) in [6.07, 6.45) is 1.87. The van der Waals surface area contributed by atoms with Gasteiger partial charge in [-0.25, -0.2) is 0 Å². The molecule has 1 amide bonds. The molecule has 30 heavy (non-hydrogen) atoms. The minimum Gasteiger partial charge on any atom is -0.385 e. The fraction of sp³-hybridized carbons (Fsp3) is 0.391. The molecule has 5 nitrogen and oxygen atoms in total. The summed E-state index contributed by atoms with van der Waals surface area (Å²) in [6.45, 7) is 3.58. The Balaban J connectivity index is 1.64. The summed E-state index contributed by atoms with van der Waals surface area (Å²) >= 11 is 12.3. The van der Waals surface area contributed by atoms with Crippen molar-refractivity contribution in [3.63, 3.8) is 0 Å². The summed E-state index contributed by atoms with van der Waals surface area (Å²) in [5.74, 6) is -0.528. The zero-order valence-electron chi connectivity index (χ0n) is 16.9. The van der Waals surface area contributed by atoms with Gasteiger partial charge in [0.05, 0.1) is 11.6 Å². The van der Waals surface area contributed by atoms with Crippen molar-refractivity contribution in [2.75, 3.05) is 19.6 Å². The van der Waals surface area contributed by atoms with Gasteiger partial charge in [0.1, 0.15) is 6.29 Å². The SMILES string of the molecule is CC(C=O)C(CN1CCC(O)(c2ccc(Cl)cc2Cl)CC1)NC(=O)c1ccccc1. The van der Waals surface area contributed by atoms with Crippen molar-refractivity contribution in [2.24, 2.45) is 5.92 Å². The number of hydrogen-bond donors (Lipinski definition) is 2. The molecule has 0 radical (unpaired) electrons. The molecule has 0 aliphatic carbocycles. The van der Waals surface area contributed by atoms with Crippen LogP contribution in [0.1, 0.15) is 35.7 Å². The molecule has 0 saturated carbocycles. The maximum Gasteiger partial charge on any atom is 0.251 e. The van der Waals surface area contributed by atoms with Crippen molar-refractivity contribution in [3.8, 4) is 0 Å². The normalized spacial score (nSPS) is 18.4. The second kappa shape index (κ2) is 9.92. The van der Waals surface area contributed by atoms with Gasteiger partial charge in [0.2, 0.25) is 0 Å². The average Bonchev–Trinajstić information content (AvgIpc) is 2.74. The Morgan fingerprint density at radius 2 is 1.87 bits per heavy atom. The highest BCUT2D eigenvalue weighted by Crippen LogP contribution is 2.37. The van der Waals surface area contributed by atoms with Crippen LogP contribution in [0, 0.1) is 5.92 Å². The van der Waals surface area contributed by atoms with Crippen LogP contribution in [0.25, 0.3) is 0 Å². The molecule has 2 N–H and O–H groups in total. The topological polar surface area (TPSA) is 69.6 Å². The van der Waals surface area contributed by atoms with Gasteiger partial charge in [-0.3, -0.25) is 4.79 Å². The van der Waals surface area contributed by atoms with Crippen molar-refractivity contribution < 1.29 is 14.7 Å². The molecule has 7 heteroatoms. The second-order valence-corrected chi connectivity index (χ2v) is 8.74. The van der Waals surface area contributed by atoms with Gasteiger partial charge in [-0.15, -0.1) is 0 Å². The van der Waals surface area contributed by atoms with Gasteiger partial charge in [-0.2, -0.15) is 0 Å². The molecule has 160 valence electrons. The minimum absolute atomic E-state index is 0.198. The van der Waals surface area contributed by atoms with Gasteiger partial charge >= 0.3 is 0 Å². The number of likely N-dealkylation sites (tertiary alicyclic amines) is 1. The molecular weight excluding hydrogens is 423 g/mol. The molecule has 2 aromatic carbocycles. The Bertz CT molecular complexity index is 883. The lowest BCUT2D eigenvalue weighted by Gasteiger charge is -2.40. The monoisotopic (exact) mass is 448 g/mol. The van der Waals surface area contributed by atoms with Crippen LogP contribution in [0.2, 0.25) is 10.0 Å². The number of piperidine rings is 1. The van der Waals surface area contributed by atoms with Crippen molar-refractivity contribution >= 4 is 35.4 Å². The van der Waals surface area contributed by atoms with Gasteiger partial charge in [0, 0.05) is 46.7 Å². The van der Waals surface area contributed by atoms with Crippen LogP contribution in [-0.2, 0) is 10.4 Å². The van der Waals surface area contributed by atoms with E-state index >= 15 is 0 Å². The molecule has 3 rings (SSSR count). The molecule has 1 aliphatic rings. The maximum atomic E-state index is 12.6. The number of halogens is 2. The molecule has 1 saturated heterocycles. The molecule has 1 heterocycles. The third-order valence-electron chi connectivity index (χ3n) is 5.77. The fourth-order valence-corrected chi connectivity index (χ4v) is 4.38. The highest BCUT2D eigenvalue weighted by molar-refractivity contribution is 6.35.